The number of carbonyl (C=O) groups excluding carboxylic acids is 2. The molecule has 130 valence electrons. The third kappa shape index (κ3) is 5.52. The Bertz CT molecular complexity index is 458. The largest absolute Gasteiger partial charge is 0.444 e. The predicted molar refractivity (Wildman–Crippen MR) is 88.4 cm³/mol. The Morgan fingerprint density at radius 1 is 1.17 bits per heavy atom. The minimum atomic E-state index is -0.476. The van der Waals surface area contributed by atoms with E-state index in [0.717, 1.165) is 32.1 Å². The summed E-state index contributed by atoms with van der Waals surface area (Å²) >= 11 is 0. The zero-order valence-corrected chi connectivity index (χ0v) is 14.5. The summed E-state index contributed by atoms with van der Waals surface area (Å²) in [6, 6.07) is 0. The average molecular weight is 323 g/mol. The third-order valence-corrected chi connectivity index (χ3v) is 4.53. The van der Waals surface area contributed by atoms with E-state index in [1.54, 1.807) is 4.90 Å². The molecule has 1 aliphatic heterocycles. The van der Waals surface area contributed by atoms with Crippen molar-refractivity contribution in [3.8, 4) is 0 Å². The first-order chi connectivity index (χ1) is 10.7. The van der Waals surface area contributed by atoms with Gasteiger partial charge in [0.1, 0.15) is 11.4 Å². The highest BCUT2D eigenvalue weighted by atomic mass is 16.6. The quantitative estimate of drug-likeness (QED) is 0.619. The SMILES string of the molecule is CC(C)(C)OC(=O)N1CCC(CC(=O)NC(=N)C2CCC2)CC1. The molecule has 0 spiro atoms. The zero-order chi connectivity index (χ0) is 17.0. The molecule has 23 heavy (non-hydrogen) atoms. The van der Waals surface area contributed by atoms with E-state index in [4.69, 9.17) is 10.1 Å². The number of likely N-dealkylation sites (tertiary alicyclic amines) is 1. The fourth-order valence-corrected chi connectivity index (χ4v) is 2.91. The molecule has 0 atom stereocenters. The Hall–Kier alpha value is -1.59. The number of piperidine rings is 1. The molecule has 2 fully saturated rings. The molecule has 2 aliphatic rings. The van der Waals surface area contributed by atoms with Gasteiger partial charge in [-0.05, 0) is 52.4 Å². The highest BCUT2D eigenvalue weighted by Gasteiger charge is 2.29. The van der Waals surface area contributed by atoms with Gasteiger partial charge in [0.15, 0.2) is 0 Å². The van der Waals surface area contributed by atoms with Crippen LogP contribution in [0.2, 0.25) is 0 Å². The first-order valence-corrected chi connectivity index (χ1v) is 8.61. The molecule has 0 radical (unpaired) electrons. The van der Waals surface area contributed by atoms with Gasteiger partial charge in [-0.3, -0.25) is 10.2 Å². The van der Waals surface area contributed by atoms with Crippen LogP contribution in [0.5, 0.6) is 0 Å². The maximum absolute atomic E-state index is 12.0. The summed E-state index contributed by atoms with van der Waals surface area (Å²) in [5, 5.41) is 10.6. The fourth-order valence-electron chi connectivity index (χ4n) is 2.91. The molecule has 0 unspecified atom stereocenters. The maximum Gasteiger partial charge on any atom is 0.410 e. The highest BCUT2D eigenvalue weighted by Crippen LogP contribution is 2.27. The molecule has 0 aromatic carbocycles. The van der Waals surface area contributed by atoms with Gasteiger partial charge in [-0.2, -0.15) is 0 Å². The number of nitrogens with zero attached hydrogens (tertiary/aromatic N) is 1. The lowest BCUT2D eigenvalue weighted by molar-refractivity contribution is -0.121. The van der Waals surface area contributed by atoms with Crippen molar-refractivity contribution >= 4 is 17.8 Å². The van der Waals surface area contributed by atoms with E-state index in [9.17, 15) is 9.59 Å². The summed E-state index contributed by atoms with van der Waals surface area (Å²) in [7, 11) is 0. The van der Waals surface area contributed by atoms with Gasteiger partial charge in [0.05, 0.1) is 0 Å². The number of hydrogen-bond donors (Lipinski definition) is 2. The molecule has 0 aromatic heterocycles. The summed E-state index contributed by atoms with van der Waals surface area (Å²) in [5.74, 6) is 0.862. The lowest BCUT2D eigenvalue weighted by Gasteiger charge is -2.33. The second kappa shape index (κ2) is 7.32. The van der Waals surface area contributed by atoms with Crippen LogP contribution in [0.3, 0.4) is 0 Å². The molecule has 1 saturated heterocycles. The highest BCUT2D eigenvalue weighted by molar-refractivity contribution is 5.98. The summed E-state index contributed by atoms with van der Waals surface area (Å²) in [6.07, 6.45) is 4.99. The van der Waals surface area contributed by atoms with Crippen LogP contribution in [0.15, 0.2) is 0 Å². The van der Waals surface area contributed by atoms with Crippen LogP contribution in [-0.4, -0.2) is 41.4 Å². The molecule has 2 amide bonds. The molecule has 0 bridgehead atoms. The second-order valence-electron chi connectivity index (χ2n) is 7.70. The lowest BCUT2D eigenvalue weighted by Crippen LogP contribution is -2.43. The Morgan fingerprint density at radius 2 is 1.78 bits per heavy atom. The molecule has 1 saturated carbocycles. The number of carbonyl (C=O) groups is 2. The van der Waals surface area contributed by atoms with Gasteiger partial charge < -0.3 is 15.0 Å². The Kier molecular flexibility index (Phi) is 5.65. The Balaban J connectivity index is 1.68. The van der Waals surface area contributed by atoms with Crippen LogP contribution in [0.4, 0.5) is 4.79 Å². The van der Waals surface area contributed by atoms with Gasteiger partial charge in [-0.25, -0.2) is 4.79 Å². The third-order valence-electron chi connectivity index (χ3n) is 4.53. The average Bonchev–Trinajstić information content (AvgIpc) is 2.34. The van der Waals surface area contributed by atoms with Crippen LogP contribution in [-0.2, 0) is 9.53 Å². The lowest BCUT2D eigenvalue weighted by atomic mass is 9.84. The minimum Gasteiger partial charge on any atom is -0.444 e. The maximum atomic E-state index is 12.0. The minimum absolute atomic E-state index is 0.0578. The first kappa shape index (κ1) is 17.8. The molecule has 1 aliphatic carbocycles. The molecule has 6 heteroatoms. The Morgan fingerprint density at radius 3 is 2.26 bits per heavy atom. The number of ether oxygens (including phenoxy) is 1. The number of rotatable bonds is 3. The van der Waals surface area contributed by atoms with Crippen molar-refractivity contribution in [2.45, 2.75) is 64.9 Å². The van der Waals surface area contributed by atoms with Crippen molar-refractivity contribution in [3.63, 3.8) is 0 Å². The van der Waals surface area contributed by atoms with Crippen molar-refractivity contribution < 1.29 is 14.3 Å². The predicted octanol–water partition coefficient (Wildman–Crippen LogP) is 2.92. The van der Waals surface area contributed by atoms with Gasteiger partial charge in [-0.1, -0.05) is 6.42 Å². The van der Waals surface area contributed by atoms with E-state index >= 15 is 0 Å². The van der Waals surface area contributed by atoms with Crippen LogP contribution < -0.4 is 5.32 Å². The number of nitrogens with one attached hydrogen (secondary N) is 2. The van der Waals surface area contributed by atoms with Crippen molar-refractivity contribution in [1.29, 1.82) is 5.41 Å². The molecule has 2 rings (SSSR count). The zero-order valence-electron chi connectivity index (χ0n) is 14.5. The molecular formula is C17H29N3O3. The van der Waals surface area contributed by atoms with Crippen LogP contribution in [0, 0.1) is 17.2 Å². The topological polar surface area (TPSA) is 82.5 Å². The van der Waals surface area contributed by atoms with E-state index in [0.29, 0.717) is 25.3 Å². The van der Waals surface area contributed by atoms with Crippen LogP contribution in [0.1, 0.15) is 59.3 Å². The summed E-state index contributed by atoms with van der Waals surface area (Å²) in [6.45, 7) is 6.84. The normalized spacial score (nSPS) is 19.9. The van der Waals surface area contributed by atoms with Crippen molar-refractivity contribution in [1.82, 2.24) is 10.2 Å². The van der Waals surface area contributed by atoms with Crippen molar-refractivity contribution in [2.75, 3.05) is 13.1 Å². The summed E-state index contributed by atoms with van der Waals surface area (Å²) in [5.41, 5.74) is -0.476. The van der Waals surface area contributed by atoms with Gasteiger partial charge in [0.2, 0.25) is 5.91 Å². The van der Waals surface area contributed by atoms with Crippen molar-refractivity contribution in [3.05, 3.63) is 0 Å². The van der Waals surface area contributed by atoms with Crippen LogP contribution >= 0.6 is 0 Å². The molecule has 1 heterocycles. The molecular weight excluding hydrogens is 294 g/mol. The summed E-state index contributed by atoms with van der Waals surface area (Å²) in [4.78, 5) is 25.7. The number of hydrogen-bond acceptors (Lipinski definition) is 4. The second-order valence-corrected chi connectivity index (χ2v) is 7.70. The van der Waals surface area contributed by atoms with Crippen LogP contribution in [0.25, 0.3) is 0 Å². The van der Waals surface area contributed by atoms with E-state index in [-0.39, 0.29) is 23.8 Å². The summed E-state index contributed by atoms with van der Waals surface area (Å²) < 4.78 is 5.37. The smallest absolute Gasteiger partial charge is 0.410 e. The standard InChI is InChI=1S/C17H29N3O3/c1-17(2,3)23-16(22)20-9-7-12(8-10-20)11-14(21)19-15(18)13-5-4-6-13/h12-13H,4-11H2,1-3H3,(H2,18,19,21). The van der Waals surface area contributed by atoms with Gasteiger partial charge >= 0.3 is 6.09 Å². The van der Waals surface area contributed by atoms with Gasteiger partial charge in [-0.15, -0.1) is 0 Å². The fraction of sp³-hybridized carbons (Fsp3) is 0.824. The van der Waals surface area contributed by atoms with Gasteiger partial charge in [0.25, 0.3) is 0 Å². The monoisotopic (exact) mass is 323 g/mol. The van der Waals surface area contributed by atoms with E-state index < -0.39 is 5.60 Å². The molecule has 6 nitrogen and oxygen atoms in total. The van der Waals surface area contributed by atoms with Gasteiger partial charge in [0, 0.05) is 25.4 Å². The van der Waals surface area contributed by atoms with E-state index in [1.165, 1.54) is 0 Å². The molecule has 2 N–H and O–H groups in total. The first-order valence-electron chi connectivity index (χ1n) is 8.61. The number of amidine groups is 1. The van der Waals surface area contributed by atoms with E-state index in [2.05, 4.69) is 5.32 Å². The number of amides is 2. The van der Waals surface area contributed by atoms with E-state index in [1.807, 2.05) is 20.8 Å². The Labute approximate surface area is 138 Å². The molecule has 0 aromatic rings. The van der Waals surface area contributed by atoms with Crippen molar-refractivity contribution in [2.24, 2.45) is 11.8 Å².